The largest absolute Gasteiger partial charge is 0.0808 e. The average Bonchev–Trinajstić information content (AvgIpc) is 3.64. The second-order valence-electron chi connectivity index (χ2n) is 8.41. The van der Waals surface area contributed by atoms with Gasteiger partial charge in [0.2, 0.25) is 0 Å². The Bertz CT molecular complexity index is 585. The highest BCUT2D eigenvalue weighted by Crippen LogP contribution is 2.27. The molecule has 162 valence electrons. The zero-order valence-corrected chi connectivity index (χ0v) is 19.0. The molecule has 0 radical (unpaired) electrons. The van der Waals surface area contributed by atoms with Crippen LogP contribution in [0.3, 0.4) is 0 Å². The normalized spacial score (nSPS) is 19.5. The lowest BCUT2D eigenvalue weighted by atomic mass is 10.0. The molecule has 1 aromatic rings. The topological polar surface area (TPSA) is 0 Å². The van der Waals surface area contributed by atoms with Crippen molar-refractivity contribution in [1.29, 1.82) is 0 Å². The van der Waals surface area contributed by atoms with E-state index in [1.807, 2.05) is 36.4 Å². The third-order valence-corrected chi connectivity index (χ3v) is 5.80. The SMILES string of the molecule is C1=CC2=C(C1)CC=C2.C1=CCC=C1.C1CCCC1.C1CCCCC1.c1ccccc1. The van der Waals surface area contributed by atoms with E-state index in [2.05, 4.69) is 48.6 Å². The molecule has 2 fully saturated rings. The number of rotatable bonds is 0. The van der Waals surface area contributed by atoms with Crippen molar-refractivity contribution < 1.29 is 0 Å². The van der Waals surface area contributed by atoms with Gasteiger partial charge in [-0.2, -0.15) is 0 Å². The molecule has 0 unspecified atom stereocenters. The first-order valence-electron chi connectivity index (χ1n) is 12.3. The zero-order chi connectivity index (χ0) is 21.0. The van der Waals surface area contributed by atoms with Crippen LogP contribution in [0.5, 0.6) is 0 Å². The highest BCUT2D eigenvalue weighted by molar-refractivity contribution is 5.46. The smallest absolute Gasteiger partial charge is 0.0123 e. The highest BCUT2D eigenvalue weighted by Gasteiger charge is 2.08. The first-order valence-corrected chi connectivity index (χ1v) is 12.3. The van der Waals surface area contributed by atoms with Crippen LogP contribution in [-0.4, -0.2) is 0 Å². The van der Waals surface area contributed by atoms with Crippen LogP contribution in [0.25, 0.3) is 0 Å². The predicted octanol–water partition coefficient (Wildman–Crippen LogP) is 9.68. The summed E-state index contributed by atoms with van der Waals surface area (Å²) in [6.45, 7) is 0. The van der Waals surface area contributed by atoms with E-state index in [0.29, 0.717) is 0 Å². The van der Waals surface area contributed by atoms with Gasteiger partial charge < -0.3 is 0 Å². The van der Waals surface area contributed by atoms with E-state index in [9.17, 15) is 0 Å². The van der Waals surface area contributed by atoms with Crippen LogP contribution in [0.4, 0.5) is 0 Å². The molecule has 0 bridgehead atoms. The maximum Gasteiger partial charge on any atom is -0.0123 e. The van der Waals surface area contributed by atoms with Crippen molar-refractivity contribution in [3.05, 3.63) is 96.2 Å². The molecule has 6 rings (SSSR count). The Kier molecular flexibility index (Phi) is 14.3. The van der Waals surface area contributed by atoms with Gasteiger partial charge in [-0.05, 0) is 24.8 Å². The molecule has 0 aliphatic heterocycles. The van der Waals surface area contributed by atoms with Gasteiger partial charge in [0.25, 0.3) is 0 Å². The molecule has 0 spiro atoms. The molecule has 0 amide bonds. The van der Waals surface area contributed by atoms with Crippen molar-refractivity contribution in [2.24, 2.45) is 0 Å². The van der Waals surface area contributed by atoms with Gasteiger partial charge in [-0.1, -0.05) is 161 Å². The fourth-order valence-electron chi connectivity index (χ4n) is 3.99. The van der Waals surface area contributed by atoms with Gasteiger partial charge in [-0.25, -0.2) is 0 Å². The van der Waals surface area contributed by atoms with E-state index in [1.165, 1.54) is 89.0 Å². The Balaban J connectivity index is 0.000000135. The van der Waals surface area contributed by atoms with Crippen LogP contribution in [0, 0.1) is 0 Å². The van der Waals surface area contributed by atoms with E-state index in [-0.39, 0.29) is 0 Å². The molecule has 5 aliphatic rings. The van der Waals surface area contributed by atoms with Gasteiger partial charge in [-0.3, -0.25) is 0 Å². The molecule has 0 N–H and O–H groups in total. The van der Waals surface area contributed by atoms with Crippen molar-refractivity contribution >= 4 is 0 Å². The third-order valence-electron chi connectivity index (χ3n) is 5.80. The Hall–Kier alpha value is -2.08. The monoisotopic (exact) mass is 402 g/mol. The van der Waals surface area contributed by atoms with Crippen LogP contribution in [0.2, 0.25) is 0 Å². The lowest BCUT2D eigenvalue weighted by Crippen LogP contribution is -1.85. The van der Waals surface area contributed by atoms with Crippen LogP contribution in [0.15, 0.2) is 96.2 Å². The Morgan fingerprint density at radius 2 is 0.733 bits per heavy atom. The average molecular weight is 403 g/mol. The first-order chi connectivity index (χ1) is 15.0. The number of hydrogen-bond acceptors (Lipinski definition) is 0. The summed E-state index contributed by atoms with van der Waals surface area (Å²) in [6, 6.07) is 12.0. The summed E-state index contributed by atoms with van der Waals surface area (Å²) in [5, 5.41) is 0. The van der Waals surface area contributed by atoms with Crippen molar-refractivity contribution in [2.75, 3.05) is 0 Å². The van der Waals surface area contributed by atoms with Gasteiger partial charge in [0.1, 0.15) is 0 Å². The number of benzene rings is 1. The van der Waals surface area contributed by atoms with Gasteiger partial charge in [0, 0.05) is 0 Å². The van der Waals surface area contributed by atoms with Crippen LogP contribution in [0.1, 0.15) is 89.9 Å². The Morgan fingerprint density at radius 3 is 0.967 bits per heavy atom. The van der Waals surface area contributed by atoms with E-state index >= 15 is 0 Å². The van der Waals surface area contributed by atoms with Crippen LogP contribution in [-0.2, 0) is 0 Å². The minimum atomic E-state index is 1.14. The maximum atomic E-state index is 2.23. The first kappa shape index (κ1) is 24.2. The summed E-state index contributed by atoms with van der Waals surface area (Å²) in [5.74, 6) is 0. The highest BCUT2D eigenvalue weighted by atomic mass is 14.1. The van der Waals surface area contributed by atoms with E-state index in [4.69, 9.17) is 0 Å². The van der Waals surface area contributed by atoms with Gasteiger partial charge in [0.15, 0.2) is 0 Å². The molecule has 0 atom stereocenters. The summed E-state index contributed by atoms with van der Waals surface area (Å²) in [6.07, 6.45) is 37.3. The summed E-state index contributed by atoms with van der Waals surface area (Å²) in [5.41, 5.74) is 3.06. The minimum Gasteiger partial charge on any atom is -0.0808 e. The van der Waals surface area contributed by atoms with Gasteiger partial charge in [0.05, 0.1) is 0 Å². The predicted molar refractivity (Wildman–Crippen MR) is 135 cm³/mol. The molecular formula is C30H42. The van der Waals surface area contributed by atoms with Gasteiger partial charge >= 0.3 is 0 Å². The maximum absolute atomic E-state index is 2.23. The quantitative estimate of drug-likeness (QED) is 0.405. The van der Waals surface area contributed by atoms with E-state index < -0.39 is 0 Å². The lowest BCUT2D eigenvalue weighted by molar-refractivity contribution is 0.504. The zero-order valence-electron chi connectivity index (χ0n) is 19.0. The summed E-state index contributed by atoms with van der Waals surface area (Å²) in [7, 11) is 0. The van der Waals surface area contributed by atoms with Gasteiger partial charge in [-0.15, -0.1) is 0 Å². The van der Waals surface area contributed by atoms with E-state index in [0.717, 1.165) is 6.42 Å². The molecule has 1 aromatic carbocycles. The molecule has 0 heterocycles. The number of hydrogen-bond donors (Lipinski definition) is 0. The lowest BCUT2D eigenvalue weighted by Gasteiger charge is -2.05. The van der Waals surface area contributed by atoms with E-state index in [1.54, 1.807) is 5.57 Å². The fourth-order valence-corrected chi connectivity index (χ4v) is 3.99. The Labute approximate surface area is 186 Å². The third kappa shape index (κ3) is 12.5. The second kappa shape index (κ2) is 17.8. The molecule has 0 heteroatoms. The minimum absolute atomic E-state index is 1.14. The second-order valence-corrected chi connectivity index (χ2v) is 8.41. The van der Waals surface area contributed by atoms with Crippen molar-refractivity contribution in [2.45, 2.75) is 89.9 Å². The number of allylic oxidation sites excluding steroid dienone is 10. The molecule has 0 aromatic heterocycles. The molecule has 0 nitrogen and oxygen atoms in total. The Morgan fingerprint density at radius 1 is 0.400 bits per heavy atom. The summed E-state index contributed by atoms with van der Waals surface area (Å²) < 4.78 is 0. The molecule has 30 heavy (non-hydrogen) atoms. The van der Waals surface area contributed by atoms with Crippen LogP contribution >= 0.6 is 0 Å². The summed E-state index contributed by atoms with van der Waals surface area (Å²) in [4.78, 5) is 0. The molecule has 0 saturated heterocycles. The van der Waals surface area contributed by atoms with Crippen LogP contribution < -0.4 is 0 Å². The van der Waals surface area contributed by atoms with Crippen molar-refractivity contribution in [3.8, 4) is 0 Å². The molecule has 2 saturated carbocycles. The fraction of sp³-hybridized carbons (Fsp3) is 0.467. The van der Waals surface area contributed by atoms with Crippen molar-refractivity contribution in [1.82, 2.24) is 0 Å². The molecular weight excluding hydrogens is 360 g/mol. The standard InChI is InChI=1S/C8H8.C6H12.C6H6.C5H10.C5H6/c1-3-7-5-2-6-8(7)4-1;2*1-2-4-6-5-3-1;2*1-2-4-5-3-1/h1-3,5H,4,6H2;1-6H2;1-6H;1-5H2;1-4H,5H2. The van der Waals surface area contributed by atoms with Crippen molar-refractivity contribution in [3.63, 3.8) is 0 Å². The molecule has 5 aliphatic carbocycles. The summed E-state index contributed by atoms with van der Waals surface area (Å²) >= 11 is 0.